The maximum Gasteiger partial charge on any atom is 0.264 e. The van der Waals surface area contributed by atoms with Crippen LogP contribution >= 0.6 is 11.8 Å². The van der Waals surface area contributed by atoms with Crippen molar-refractivity contribution in [3.8, 4) is 5.75 Å². The van der Waals surface area contributed by atoms with Crippen molar-refractivity contribution in [3.05, 3.63) is 83.4 Å². The van der Waals surface area contributed by atoms with Crippen molar-refractivity contribution >= 4 is 33.4 Å². The van der Waals surface area contributed by atoms with Gasteiger partial charge in [-0.3, -0.25) is 9.10 Å². The molecule has 0 heterocycles. The summed E-state index contributed by atoms with van der Waals surface area (Å²) < 4.78 is 34.2. The number of nitrogens with zero attached hydrogens (tertiary/aromatic N) is 1. The van der Waals surface area contributed by atoms with E-state index in [0.29, 0.717) is 24.5 Å². The molecule has 0 bridgehead atoms. The number of benzene rings is 3. The smallest absolute Gasteiger partial charge is 0.264 e. The van der Waals surface area contributed by atoms with E-state index < -0.39 is 10.0 Å². The Kier molecular flexibility index (Phi) is 9.39. The molecule has 1 N–H and O–H groups in total. The van der Waals surface area contributed by atoms with Crippen molar-refractivity contribution in [1.82, 2.24) is 5.32 Å². The Morgan fingerprint density at radius 3 is 2.29 bits per heavy atom. The third-order valence-electron chi connectivity index (χ3n) is 6.89. The van der Waals surface area contributed by atoms with Crippen molar-refractivity contribution in [1.29, 1.82) is 0 Å². The Morgan fingerprint density at radius 1 is 0.974 bits per heavy atom. The molecule has 38 heavy (non-hydrogen) atoms. The van der Waals surface area contributed by atoms with E-state index >= 15 is 0 Å². The van der Waals surface area contributed by atoms with Crippen molar-refractivity contribution < 1.29 is 17.9 Å². The topological polar surface area (TPSA) is 75.7 Å². The van der Waals surface area contributed by atoms with Gasteiger partial charge >= 0.3 is 0 Å². The molecule has 0 aromatic heterocycles. The number of amides is 1. The third-order valence-corrected chi connectivity index (χ3v) is 9.42. The first-order valence-corrected chi connectivity index (χ1v) is 15.8. The number of anilines is 1. The fourth-order valence-electron chi connectivity index (χ4n) is 4.83. The zero-order valence-corrected chi connectivity index (χ0v) is 23.9. The van der Waals surface area contributed by atoms with Gasteiger partial charge < -0.3 is 10.1 Å². The van der Waals surface area contributed by atoms with Crippen molar-refractivity contribution in [2.75, 3.05) is 23.7 Å². The van der Waals surface area contributed by atoms with Gasteiger partial charge in [0.25, 0.3) is 10.0 Å². The minimum absolute atomic E-state index is 0.138. The minimum Gasteiger partial charge on any atom is -0.494 e. The van der Waals surface area contributed by atoms with Crippen molar-refractivity contribution in [2.45, 2.75) is 61.8 Å². The number of ether oxygens (including phenoxy) is 1. The predicted molar refractivity (Wildman–Crippen MR) is 155 cm³/mol. The van der Waals surface area contributed by atoms with Crippen LogP contribution in [0.4, 0.5) is 5.69 Å². The number of hydrogen-bond donors (Lipinski definition) is 1. The number of sulfonamides is 1. The number of fused-ring (bicyclic) bond motifs is 1. The number of thioether (sulfide) groups is 1. The maximum atomic E-state index is 13.8. The number of aryl methyl sites for hydroxylation is 2. The van der Waals surface area contributed by atoms with E-state index in [1.807, 2.05) is 20.1 Å². The summed E-state index contributed by atoms with van der Waals surface area (Å²) >= 11 is 1.54. The quantitative estimate of drug-likeness (QED) is 0.289. The van der Waals surface area contributed by atoms with Crippen LogP contribution in [0.2, 0.25) is 0 Å². The standard InChI is InChI=1S/C30H36N2O4S2/c1-4-29(24-11-10-22-8-6-7-9-23(22)20-24)31-30(33)21-32(25-12-14-26(15-13-25)36-5-2)38(34,35)28-18-16-27(37-3)17-19-28/h10-20,29H,4-9,21H2,1-3H3,(H,31,33)/t29-/m1/s1. The van der Waals surface area contributed by atoms with E-state index in [9.17, 15) is 13.2 Å². The summed E-state index contributed by atoms with van der Waals surface area (Å²) in [6.07, 6.45) is 7.21. The largest absolute Gasteiger partial charge is 0.494 e. The Balaban J connectivity index is 1.60. The third kappa shape index (κ3) is 6.53. The number of nitrogens with one attached hydrogen (secondary N) is 1. The molecule has 6 nitrogen and oxygen atoms in total. The van der Waals surface area contributed by atoms with Gasteiger partial charge in [-0.1, -0.05) is 25.1 Å². The molecule has 0 saturated heterocycles. The molecule has 4 rings (SSSR count). The number of hydrogen-bond acceptors (Lipinski definition) is 5. The molecule has 3 aromatic rings. The highest BCUT2D eigenvalue weighted by atomic mass is 32.2. The minimum atomic E-state index is -4.00. The highest BCUT2D eigenvalue weighted by Crippen LogP contribution is 2.29. The lowest BCUT2D eigenvalue weighted by Crippen LogP contribution is -2.42. The second kappa shape index (κ2) is 12.7. The molecule has 1 aliphatic carbocycles. The zero-order chi connectivity index (χ0) is 27.1. The lowest BCUT2D eigenvalue weighted by atomic mass is 9.89. The zero-order valence-electron chi connectivity index (χ0n) is 22.3. The molecule has 202 valence electrons. The summed E-state index contributed by atoms with van der Waals surface area (Å²) in [7, 11) is -4.00. The second-order valence-corrected chi connectivity index (χ2v) is 12.1. The van der Waals surface area contributed by atoms with Crippen LogP contribution < -0.4 is 14.4 Å². The van der Waals surface area contributed by atoms with Gasteiger partial charge in [0.05, 0.1) is 23.2 Å². The van der Waals surface area contributed by atoms with Crippen LogP contribution in [-0.4, -0.2) is 33.7 Å². The lowest BCUT2D eigenvalue weighted by Gasteiger charge is -2.26. The van der Waals surface area contributed by atoms with Crippen molar-refractivity contribution in [2.24, 2.45) is 0 Å². The summed E-state index contributed by atoms with van der Waals surface area (Å²) in [5.74, 6) is 0.286. The molecular weight excluding hydrogens is 516 g/mol. The average molecular weight is 553 g/mol. The highest BCUT2D eigenvalue weighted by molar-refractivity contribution is 7.98. The number of carbonyl (C=O) groups excluding carboxylic acids is 1. The Bertz CT molecular complexity index is 1340. The van der Waals surface area contributed by atoms with E-state index in [1.54, 1.807) is 48.5 Å². The normalized spacial score (nSPS) is 13.9. The van der Waals surface area contributed by atoms with Gasteiger partial charge in [-0.25, -0.2) is 8.42 Å². The fraction of sp³-hybridized carbons (Fsp3) is 0.367. The van der Waals surface area contributed by atoms with Crippen LogP contribution in [-0.2, 0) is 27.7 Å². The molecule has 0 fully saturated rings. The molecule has 0 unspecified atom stereocenters. The van der Waals surface area contributed by atoms with E-state index in [4.69, 9.17) is 4.74 Å². The van der Waals surface area contributed by atoms with E-state index in [-0.39, 0.29) is 23.4 Å². The van der Waals surface area contributed by atoms with Gasteiger partial charge in [-0.15, -0.1) is 11.8 Å². The number of rotatable bonds is 11. The summed E-state index contributed by atoms with van der Waals surface area (Å²) in [6, 6.07) is 19.8. The van der Waals surface area contributed by atoms with Gasteiger partial charge in [0.1, 0.15) is 12.3 Å². The molecule has 0 saturated carbocycles. The Hall–Kier alpha value is -2.97. The van der Waals surface area contributed by atoms with Crippen LogP contribution in [0.5, 0.6) is 5.75 Å². The molecule has 3 aromatic carbocycles. The van der Waals surface area contributed by atoms with Crippen LogP contribution in [0.25, 0.3) is 0 Å². The monoisotopic (exact) mass is 552 g/mol. The fourth-order valence-corrected chi connectivity index (χ4v) is 6.66. The highest BCUT2D eigenvalue weighted by Gasteiger charge is 2.28. The van der Waals surface area contributed by atoms with E-state index in [0.717, 1.165) is 23.3 Å². The Labute approximate surface area is 230 Å². The van der Waals surface area contributed by atoms with Gasteiger partial charge in [0.15, 0.2) is 0 Å². The van der Waals surface area contributed by atoms with Crippen LogP contribution in [0.15, 0.2) is 76.5 Å². The van der Waals surface area contributed by atoms with Gasteiger partial charge in [-0.2, -0.15) is 0 Å². The Morgan fingerprint density at radius 2 is 1.66 bits per heavy atom. The molecule has 1 atom stereocenters. The van der Waals surface area contributed by atoms with E-state index in [1.165, 1.54) is 40.0 Å². The molecule has 1 aliphatic rings. The molecule has 8 heteroatoms. The second-order valence-electron chi connectivity index (χ2n) is 9.38. The van der Waals surface area contributed by atoms with Crippen LogP contribution in [0.1, 0.15) is 55.8 Å². The summed E-state index contributed by atoms with van der Waals surface area (Å²) in [6.45, 7) is 4.09. The first-order chi connectivity index (χ1) is 18.3. The first-order valence-electron chi connectivity index (χ1n) is 13.2. The van der Waals surface area contributed by atoms with Gasteiger partial charge in [0, 0.05) is 4.90 Å². The SMILES string of the molecule is CCOc1ccc(N(CC(=O)N[C@H](CC)c2ccc3c(c2)CCCC3)S(=O)(=O)c2ccc(SC)cc2)cc1. The summed E-state index contributed by atoms with van der Waals surface area (Å²) in [5, 5.41) is 3.09. The maximum absolute atomic E-state index is 13.8. The molecule has 1 amide bonds. The molecule has 0 aliphatic heterocycles. The first kappa shape index (κ1) is 28.0. The molecular formula is C30H36N2O4S2. The average Bonchev–Trinajstić information content (AvgIpc) is 2.95. The van der Waals surface area contributed by atoms with E-state index in [2.05, 4.69) is 23.5 Å². The lowest BCUT2D eigenvalue weighted by molar-refractivity contribution is -0.120. The summed E-state index contributed by atoms with van der Waals surface area (Å²) in [5.41, 5.74) is 4.21. The van der Waals surface area contributed by atoms with Crippen LogP contribution in [0, 0.1) is 0 Å². The van der Waals surface area contributed by atoms with Crippen LogP contribution in [0.3, 0.4) is 0 Å². The van der Waals surface area contributed by atoms with Gasteiger partial charge in [0.2, 0.25) is 5.91 Å². The molecule has 0 spiro atoms. The molecule has 0 radical (unpaired) electrons. The number of carbonyl (C=O) groups is 1. The van der Waals surface area contributed by atoms with Crippen molar-refractivity contribution in [3.63, 3.8) is 0 Å². The van der Waals surface area contributed by atoms with Gasteiger partial charge in [-0.05, 0) is 111 Å². The summed E-state index contributed by atoms with van der Waals surface area (Å²) in [4.78, 5) is 14.5. The predicted octanol–water partition coefficient (Wildman–Crippen LogP) is 6.15.